The number of H-pyrrole nitrogens is 1. The summed E-state index contributed by atoms with van der Waals surface area (Å²) in [6.07, 6.45) is 2.98. The molecule has 3 atom stereocenters. The summed E-state index contributed by atoms with van der Waals surface area (Å²) >= 11 is 9.73. The van der Waals surface area contributed by atoms with Gasteiger partial charge in [0.1, 0.15) is 11.6 Å². The number of fused-ring (bicyclic) bond motifs is 3. The fraction of sp³-hybridized carbons (Fsp3) is 0.242. The molecule has 1 N–H and O–H groups in total. The maximum Gasteiger partial charge on any atom is 0.254 e. The van der Waals surface area contributed by atoms with Gasteiger partial charge in [0.15, 0.2) is 5.82 Å². The number of carbonyl (C=O) groups excluding carboxylic acids is 2. The SMILES string of the molecule is Cc1nnc(-c2ccc(N3C(=O)C4C[C@H](C)N(C(=O)c5ccc(Br)c(Cl)c5)CC4n4ncc(Cc5ccccc5)c43)cc2)[nH]1. The minimum atomic E-state index is -0.351. The van der Waals surface area contributed by atoms with Gasteiger partial charge in [-0.05, 0) is 84.2 Å². The first-order valence-corrected chi connectivity index (χ1v) is 15.7. The van der Waals surface area contributed by atoms with Crippen LogP contribution < -0.4 is 4.90 Å². The largest absolute Gasteiger partial charge is 0.334 e. The van der Waals surface area contributed by atoms with Gasteiger partial charge in [-0.15, -0.1) is 10.2 Å². The Morgan fingerprint density at radius 3 is 2.55 bits per heavy atom. The Kier molecular flexibility index (Phi) is 7.34. The molecule has 4 heterocycles. The van der Waals surface area contributed by atoms with Crippen LogP contribution in [0.1, 0.15) is 46.7 Å². The van der Waals surface area contributed by atoms with E-state index in [1.807, 2.05) is 72.1 Å². The van der Waals surface area contributed by atoms with Crippen molar-refractivity contribution in [1.29, 1.82) is 0 Å². The smallest absolute Gasteiger partial charge is 0.254 e. The first-order valence-electron chi connectivity index (χ1n) is 14.5. The van der Waals surface area contributed by atoms with Crippen molar-refractivity contribution in [3.63, 3.8) is 0 Å². The number of benzene rings is 3. The van der Waals surface area contributed by atoms with E-state index in [-0.39, 0.29) is 29.8 Å². The van der Waals surface area contributed by atoms with Crippen LogP contribution in [0.3, 0.4) is 0 Å². The van der Waals surface area contributed by atoms with E-state index in [1.54, 1.807) is 23.1 Å². The van der Waals surface area contributed by atoms with E-state index in [0.717, 1.165) is 38.5 Å². The number of hydrogen-bond donors (Lipinski definition) is 1. The number of anilines is 2. The second-order valence-corrected chi connectivity index (χ2v) is 12.7. The Hall–Kier alpha value is -4.28. The maximum atomic E-state index is 14.5. The van der Waals surface area contributed by atoms with Crippen molar-refractivity contribution >= 4 is 50.9 Å². The highest BCUT2D eigenvalue weighted by molar-refractivity contribution is 9.10. The molecule has 7 rings (SSSR count). The lowest BCUT2D eigenvalue weighted by Gasteiger charge is -2.47. The molecule has 2 unspecified atom stereocenters. The summed E-state index contributed by atoms with van der Waals surface area (Å²) < 4.78 is 2.69. The average molecular weight is 671 g/mol. The Bertz CT molecular complexity index is 1870. The van der Waals surface area contributed by atoms with E-state index in [1.165, 1.54) is 0 Å². The molecule has 0 bridgehead atoms. The molecule has 2 aromatic heterocycles. The summed E-state index contributed by atoms with van der Waals surface area (Å²) in [5, 5.41) is 13.6. The summed E-state index contributed by atoms with van der Waals surface area (Å²) in [5.74, 6) is 1.68. The molecule has 2 aliphatic rings. The third-order valence-electron chi connectivity index (χ3n) is 8.54. The van der Waals surface area contributed by atoms with E-state index < -0.39 is 0 Å². The molecule has 2 amide bonds. The van der Waals surface area contributed by atoms with Gasteiger partial charge >= 0.3 is 0 Å². The van der Waals surface area contributed by atoms with Crippen LogP contribution in [0, 0.1) is 12.8 Å². The standard InChI is InChI=1S/C33H29BrClN7O2/c1-19-14-26-29(18-40(19)32(43)23-10-13-27(34)28(35)16-23)42-31(24(17-36-42)15-21-6-4-3-5-7-21)41(33(26)44)25-11-8-22(9-12-25)30-37-20(2)38-39-30/h3-13,16-17,19,26,29H,14-15,18H2,1-2H3,(H,37,38,39)/t19-,26?,29?/m0/s1. The van der Waals surface area contributed by atoms with Crippen LogP contribution in [0.5, 0.6) is 0 Å². The van der Waals surface area contributed by atoms with E-state index >= 15 is 0 Å². The fourth-order valence-corrected chi connectivity index (χ4v) is 6.76. The molecule has 222 valence electrons. The van der Waals surface area contributed by atoms with Crippen molar-refractivity contribution in [2.45, 2.75) is 38.8 Å². The van der Waals surface area contributed by atoms with E-state index in [0.29, 0.717) is 35.8 Å². The zero-order valence-corrected chi connectivity index (χ0v) is 26.5. The molecular formula is C33H29BrClN7O2. The molecule has 0 radical (unpaired) electrons. The second-order valence-electron chi connectivity index (χ2n) is 11.4. The van der Waals surface area contributed by atoms with Gasteiger partial charge in [-0.1, -0.05) is 41.9 Å². The highest BCUT2D eigenvalue weighted by Crippen LogP contribution is 2.45. The number of aryl methyl sites for hydroxylation is 1. The van der Waals surface area contributed by atoms with Crippen LogP contribution in [0.25, 0.3) is 11.4 Å². The Morgan fingerprint density at radius 2 is 1.84 bits per heavy atom. The van der Waals surface area contributed by atoms with Gasteiger partial charge in [0.05, 0.1) is 28.9 Å². The number of nitrogens with one attached hydrogen (secondary N) is 1. The predicted molar refractivity (Wildman–Crippen MR) is 172 cm³/mol. The number of hydrogen-bond acceptors (Lipinski definition) is 5. The summed E-state index contributed by atoms with van der Waals surface area (Å²) in [6.45, 7) is 4.22. The van der Waals surface area contributed by atoms with Crippen molar-refractivity contribution in [3.8, 4) is 11.4 Å². The van der Waals surface area contributed by atoms with Crippen LogP contribution in [0.15, 0.2) is 83.5 Å². The lowest BCUT2D eigenvalue weighted by molar-refractivity contribution is -0.126. The number of aromatic amines is 1. The van der Waals surface area contributed by atoms with Gasteiger partial charge in [-0.25, -0.2) is 4.68 Å². The first-order chi connectivity index (χ1) is 21.3. The van der Waals surface area contributed by atoms with Gasteiger partial charge in [0, 0.05) is 40.2 Å². The summed E-state index contributed by atoms with van der Waals surface area (Å²) in [6, 6.07) is 22.7. The molecule has 9 nitrogen and oxygen atoms in total. The fourth-order valence-electron chi connectivity index (χ4n) is 6.34. The number of rotatable bonds is 5. The highest BCUT2D eigenvalue weighted by Gasteiger charge is 2.48. The number of likely N-dealkylation sites (tertiary alicyclic amines) is 1. The molecule has 0 spiro atoms. The highest BCUT2D eigenvalue weighted by atomic mass is 79.9. The topological polar surface area (TPSA) is 100 Å². The third-order valence-corrected chi connectivity index (χ3v) is 9.78. The lowest BCUT2D eigenvalue weighted by Crippen LogP contribution is -2.56. The quantitative estimate of drug-likeness (QED) is 0.223. The number of aromatic nitrogens is 5. The van der Waals surface area contributed by atoms with Crippen LogP contribution in [0.4, 0.5) is 11.5 Å². The van der Waals surface area contributed by atoms with Crippen LogP contribution in [-0.4, -0.2) is 54.3 Å². The molecule has 0 saturated carbocycles. The van der Waals surface area contributed by atoms with E-state index in [9.17, 15) is 9.59 Å². The summed E-state index contributed by atoms with van der Waals surface area (Å²) in [7, 11) is 0. The second kappa shape index (κ2) is 11.3. The maximum absolute atomic E-state index is 14.5. The monoisotopic (exact) mass is 669 g/mol. The van der Waals surface area contributed by atoms with Crippen molar-refractivity contribution in [3.05, 3.63) is 111 Å². The van der Waals surface area contributed by atoms with Crippen molar-refractivity contribution in [2.24, 2.45) is 5.92 Å². The molecule has 2 aliphatic heterocycles. The van der Waals surface area contributed by atoms with Crippen LogP contribution >= 0.6 is 27.5 Å². The van der Waals surface area contributed by atoms with Crippen LogP contribution in [-0.2, 0) is 11.2 Å². The van der Waals surface area contributed by atoms with E-state index in [2.05, 4.69) is 43.2 Å². The van der Waals surface area contributed by atoms with Gasteiger partial charge in [-0.2, -0.15) is 5.10 Å². The van der Waals surface area contributed by atoms with Gasteiger partial charge < -0.3 is 9.88 Å². The zero-order valence-electron chi connectivity index (χ0n) is 24.1. The normalized spacial score (nSPS) is 19.5. The molecule has 1 saturated heterocycles. The van der Waals surface area contributed by atoms with E-state index in [4.69, 9.17) is 16.7 Å². The molecule has 5 aromatic rings. The number of nitrogens with zero attached hydrogens (tertiary/aromatic N) is 6. The average Bonchev–Trinajstić information content (AvgIpc) is 3.65. The third kappa shape index (κ3) is 5.01. The van der Waals surface area contributed by atoms with Gasteiger partial charge in [0.2, 0.25) is 5.91 Å². The number of piperidine rings is 1. The first kappa shape index (κ1) is 28.5. The van der Waals surface area contributed by atoms with Crippen LogP contribution in [0.2, 0.25) is 5.02 Å². The van der Waals surface area contributed by atoms with Gasteiger partial charge in [-0.3, -0.25) is 14.5 Å². The molecule has 1 fully saturated rings. The summed E-state index contributed by atoms with van der Waals surface area (Å²) in [5.41, 5.74) is 4.20. The van der Waals surface area contributed by atoms with Crippen molar-refractivity contribution in [1.82, 2.24) is 29.9 Å². The van der Waals surface area contributed by atoms with Gasteiger partial charge in [0.25, 0.3) is 5.91 Å². The molecular weight excluding hydrogens is 642 g/mol. The van der Waals surface area contributed by atoms with Crippen molar-refractivity contribution < 1.29 is 9.59 Å². The number of amides is 2. The lowest BCUT2D eigenvalue weighted by atomic mass is 9.84. The zero-order chi connectivity index (χ0) is 30.5. The number of carbonyl (C=O) groups is 2. The Balaban J connectivity index is 1.28. The van der Waals surface area contributed by atoms with Crippen molar-refractivity contribution in [2.75, 3.05) is 11.4 Å². The molecule has 11 heteroatoms. The molecule has 3 aromatic carbocycles. The molecule has 0 aliphatic carbocycles. The minimum Gasteiger partial charge on any atom is -0.334 e. The Morgan fingerprint density at radius 1 is 1.07 bits per heavy atom. The minimum absolute atomic E-state index is 0.00575. The summed E-state index contributed by atoms with van der Waals surface area (Å²) in [4.78, 5) is 35.0. The molecule has 44 heavy (non-hydrogen) atoms. The predicted octanol–water partition coefficient (Wildman–Crippen LogP) is 6.75. The Labute approximate surface area is 268 Å². The number of halogens is 2.